The van der Waals surface area contributed by atoms with Crippen LogP contribution in [-0.2, 0) is 14.3 Å². The van der Waals surface area contributed by atoms with E-state index in [1.54, 1.807) is 0 Å². The van der Waals surface area contributed by atoms with E-state index in [9.17, 15) is 14.0 Å². The lowest BCUT2D eigenvalue weighted by Crippen LogP contribution is -2.30. The van der Waals surface area contributed by atoms with E-state index in [0.29, 0.717) is 5.56 Å². The van der Waals surface area contributed by atoms with Crippen LogP contribution in [0.25, 0.3) is 6.08 Å². The molecule has 136 valence electrons. The maximum Gasteiger partial charge on any atom is 0.331 e. The van der Waals surface area contributed by atoms with Crippen LogP contribution < -0.4 is 5.32 Å². The minimum atomic E-state index is -0.944. The van der Waals surface area contributed by atoms with Gasteiger partial charge in [0.25, 0.3) is 5.91 Å². The van der Waals surface area contributed by atoms with Crippen LogP contribution in [0.15, 0.2) is 42.5 Å². The summed E-state index contributed by atoms with van der Waals surface area (Å²) in [5, 5.41) is 2.81. The number of benzene rings is 2. The molecule has 2 aromatic carbocycles. The van der Waals surface area contributed by atoms with Gasteiger partial charge < -0.3 is 10.1 Å². The first kappa shape index (κ1) is 19.4. The second-order valence-corrected chi connectivity index (χ2v) is 6.23. The summed E-state index contributed by atoms with van der Waals surface area (Å²) in [6.07, 6.45) is 1.76. The molecule has 0 aliphatic heterocycles. The van der Waals surface area contributed by atoms with Crippen LogP contribution in [0.3, 0.4) is 0 Å². The average Bonchev–Trinajstić information content (AvgIpc) is 2.57. The van der Waals surface area contributed by atoms with Crippen LogP contribution in [0.1, 0.15) is 29.2 Å². The largest absolute Gasteiger partial charge is 0.449 e. The van der Waals surface area contributed by atoms with E-state index in [4.69, 9.17) is 4.74 Å². The third kappa shape index (κ3) is 5.28. The number of ether oxygens (including phenoxy) is 1. The topological polar surface area (TPSA) is 55.4 Å². The maximum absolute atomic E-state index is 12.8. The summed E-state index contributed by atoms with van der Waals surface area (Å²) in [5.74, 6) is -1.39. The Morgan fingerprint density at radius 2 is 1.65 bits per heavy atom. The third-order valence-corrected chi connectivity index (χ3v) is 3.87. The van der Waals surface area contributed by atoms with Crippen molar-refractivity contribution in [2.75, 3.05) is 5.32 Å². The summed E-state index contributed by atoms with van der Waals surface area (Å²) in [7, 11) is 0. The molecule has 0 saturated heterocycles. The quantitative estimate of drug-likeness (QED) is 0.641. The first-order valence-corrected chi connectivity index (χ1v) is 8.29. The summed E-state index contributed by atoms with van der Waals surface area (Å²) < 4.78 is 18.0. The molecule has 0 heterocycles. The van der Waals surface area contributed by atoms with Gasteiger partial charge >= 0.3 is 5.97 Å². The Morgan fingerprint density at radius 3 is 2.23 bits per heavy atom. The SMILES string of the molecule is Cc1cc(C)c(NC(=O)[C@@H](C)OC(=O)/C=C/c2ccc(F)cc2)c(C)c1. The number of hydrogen-bond acceptors (Lipinski definition) is 3. The third-order valence-electron chi connectivity index (χ3n) is 3.87. The monoisotopic (exact) mass is 355 g/mol. The van der Waals surface area contributed by atoms with Gasteiger partial charge in [0.05, 0.1) is 0 Å². The average molecular weight is 355 g/mol. The van der Waals surface area contributed by atoms with Crippen molar-refractivity contribution in [1.29, 1.82) is 0 Å². The van der Waals surface area contributed by atoms with Gasteiger partial charge in [-0.15, -0.1) is 0 Å². The number of carbonyl (C=O) groups excluding carboxylic acids is 2. The Bertz CT molecular complexity index is 818. The molecule has 0 bridgehead atoms. The summed E-state index contributed by atoms with van der Waals surface area (Å²) in [4.78, 5) is 24.2. The van der Waals surface area contributed by atoms with E-state index in [1.807, 2.05) is 32.9 Å². The van der Waals surface area contributed by atoms with E-state index >= 15 is 0 Å². The highest BCUT2D eigenvalue weighted by molar-refractivity contribution is 5.97. The van der Waals surface area contributed by atoms with E-state index in [-0.39, 0.29) is 5.82 Å². The summed E-state index contributed by atoms with van der Waals surface area (Å²) in [6, 6.07) is 9.63. The molecule has 0 aliphatic rings. The van der Waals surface area contributed by atoms with Crippen molar-refractivity contribution < 1.29 is 18.7 Å². The molecule has 1 amide bonds. The van der Waals surface area contributed by atoms with Gasteiger partial charge in [0.1, 0.15) is 5.82 Å². The van der Waals surface area contributed by atoms with Gasteiger partial charge in [0.15, 0.2) is 6.10 Å². The number of aryl methyl sites for hydroxylation is 3. The first-order chi connectivity index (χ1) is 12.3. The van der Waals surface area contributed by atoms with Crippen LogP contribution in [-0.4, -0.2) is 18.0 Å². The smallest absolute Gasteiger partial charge is 0.331 e. The molecule has 0 aliphatic carbocycles. The molecule has 26 heavy (non-hydrogen) atoms. The summed E-state index contributed by atoms with van der Waals surface area (Å²) in [6.45, 7) is 7.33. The van der Waals surface area contributed by atoms with Gasteiger partial charge in [-0.05, 0) is 62.6 Å². The van der Waals surface area contributed by atoms with Crippen molar-refractivity contribution in [2.45, 2.75) is 33.8 Å². The number of esters is 1. The van der Waals surface area contributed by atoms with E-state index < -0.39 is 18.0 Å². The zero-order chi connectivity index (χ0) is 19.3. The molecule has 0 saturated carbocycles. The lowest BCUT2D eigenvalue weighted by atomic mass is 10.0. The fraction of sp³-hybridized carbons (Fsp3) is 0.238. The number of nitrogens with one attached hydrogen (secondary N) is 1. The molecule has 0 radical (unpaired) electrons. The van der Waals surface area contributed by atoms with E-state index in [2.05, 4.69) is 5.32 Å². The Labute approximate surface area is 152 Å². The number of anilines is 1. The Balaban J connectivity index is 1.96. The van der Waals surface area contributed by atoms with Gasteiger partial charge in [-0.3, -0.25) is 4.79 Å². The lowest BCUT2D eigenvalue weighted by molar-refractivity contribution is -0.148. The molecule has 0 fully saturated rings. The zero-order valence-corrected chi connectivity index (χ0v) is 15.3. The minimum absolute atomic E-state index is 0.350. The highest BCUT2D eigenvalue weighted by Crippen LogP contribution is 2.22. The Kier molecular flexibility index (Phi) is 6.28. The molecule has 0 aromatic heterocycles. The number of rotatable bonds is 5. The summed E-state index contributed by atoms with van der Waals surface area (Å²) in [5.41, 5.74) is 4.40. The molecule has 0 spiro atoms. The highest BCUT2D eigenvalue weighted by atomic mass is 19.1. The normalized spacial score (nSPS) is 12.0. The molecule has 5 heteroatoms. The fourth-order valence-electron chi connectivity index (χ4n) is 2.61. The number of hydrogen-bond donors (Lipinski definition) is 1. The van der Waals surface area contributed by atoms with Crippen molar-refractivity contribution in [3.8, 4) is 0 Å². The standard InChI is InChI=1S/C21H22FNO3/c1-13-11-14(2)20(15(3)12-13)23-21(25)16(4)26-19(24)10-7-17-5-8-18(22)9-6-17/h5-12,16H,1-4H3,(H,23,25)/b10-7+/t16-/m1/s1. The maximum atomic E-state index is 12.8. The molecule has 1 N–H and O–H groups in total. The van der Waals surface area contributed by atoms with Crippen LogP contribution >= 0.6 is 0 Å². The van der Waals surface area contributed by atoms with E-state index in [0.717, 1.165) is 22.4 Å². The van der Waals surface area contributed by atoms with Crippen molar-refractivity contribution in [3.05, 3.63) is 70.5 Å². The van der Waals surface area contributed by atoms with Gasteiger partial charge in [0, 0.05) is 11.8 Å². The zero-order valence-electron chi connectivity index (χ0n) is 15.3. The fourth-order valence-corrected chi connectivity index (χ4v) is 2.61. The van der Waals surface area contributed by atoms with Crippen LogP contribution in [0.2, 0.25) is 0 Å². The molecule has 1 atom stereocenters. The molecule has 4 nitrogen and oxygen atoms in total. The van der Waals surface area contributed by atoms with Crippen LogP contribution in [0, 0.1) is 26.6 Å². The van der Waals surface area contributed by atoms with Crippen molar-refractivity contribution in [3.63, 3.8) is 0 Å². The summed E-state index contributed by atoms with van der Waals surface area (Å²) >= 11 is 0. The van der Waals surface area contributed by atoms with E-state index in [1.165, 1.54) is 43.3 Å². The molecular formula is C21H22FNO3. The second-order valence-electron chi connectivity index (χ2n) is 6.23. The molecular weight excluding hydrogens is 333 g/mol. The molecule has 2 aromatic rings. The van der Waals surface area contributed by atoms with Crippen LogP contribution in [0.5, 0.6) is 0 Å². The van der Waals surface area contributed by atoms with Gasteiger partial charge in [0.2, 0.25) is 0 Å². The highest BCUT2D eigenvalue weighted by Gasteiger charge is 2.18. The van der Waals surface area contributed by atoms with Crippen molar-refractivity contribution in [2.24, 2.45) is 0 Å². The van der Waals surface area contributed by atoms with Crippen molar-refractivity contribution in [1.82, 2.24) is 0 Å². The Morgan fingerprint density at radius 1 is 1.08 bits per heavy atom. The number of amides is 1. The van der Waals surface area contributed by atoms with Crippen LogP contribution in [0.4, 0.5) is 10.1 Å². The number of halogens is 1. The van der Waals surface area contributed by atoms with Crippen molar-refractivity contribution >= 4 is 23.6 Å². The van der Waals surface area contributed by atoms with Gasteiger partial charge in [-0.2, -0.15) is 0 Å². The molecule has 2 rings (SSSR count). The first-order valence-electron chi connectivity index (χ1n) is 8.29. The lowest BCUT2D eigenvalue weighted by Gasteiger charge is -2.16. The van der Waals surface area contributed by atoms with Gasteiger partial charge in [-0.1, -0.05) is 29.8 Å². The minimum Gasteiger partial charge on any atom is -0.449 e. The molecule has 0 unspecified atom stereocenters. The Hall–Kier alpha value is -2.95. The second kappa shape index (κ2) is 8.43. The predicted molar refractivity (Wildman–Crippen MR) is 100 cm³/mol. The predicted octanol–water partition coefficient (Wildman–Crippen LogP) is 4.33. The van der Waals surface area contributed by atoms with Gasteiger partial charge in [-0.25, -0.2) is 9.18 Å². The number of carbonyl (C=O) groups is 2.